The van der Waals surface area contributed by atoms with Gasteiger partial charge in [-0.1, -0.05) is 30.7 Å². The molecule has 0 aliphatic heterocycles. The molecule has 0 unspecified atom stereocenters. The van der Waals surface area contributed by atoms with Gasteiger partial charge in [0, 0.05) is 36.5 Å². The number of anilines is 1. The van der Waals surface area contributed by atoms with Gasteiger partial charge in [-0.05, 0) is 18.2 Å². The van der Waals surface area contributed by atoms with Gasteiger partial charge in [0.05, 0.1) is 17.6 Å². The number of halogens is 1. The van der Waals surface area contributed by atoms with Crippen LogP contribution in [-0.2, 0) is 11.2 Å². The lowest BCUT2D eigenvalue weighted by Gasteiger charge is -2.17. The van der Waals surface area contributed by atoms with E-state index in [-0.39, 0.29) is 18.1 Å². The number of aromatic nitrogens is 2. The number of ketones is 1. The smallest absolute Gasteiger partial charge is 0.226 e. The van der Waals surface area contributed by atoms with E-state index >= 15 is 0 Å². The van der Waals surface area contributed by atoms with Gasteiger partial charge in [0.25, 0.3) is 0 Å². The Morgan fingerprint density at radius 3 is 2.59 bits per heavy atom. The second-order valence-electron chi connectivity index (χ2n) is 5.93. The maximum atomic E-state index is 12.2. The number of rotatable bonds is 6. The maximum Gasteiger partial charge on any atom is 0.226 e. The molecule has 1 aromatic carbocycles. The monoisotopic (exact) mass is 383 g/mol. The predicted molar refractivity (Wildman–Crippen MR) is 103 cm³/mol. The summed E-state index contributed by atoms with van der Waals surface area (Å²) in [5, 5.41) is 0.504. The van der Waals surface area contributed by atoms with Gasteiger partial charge in [-0.25, -0.2) is 4.98 Å². The zero-order valence-electron chi connectivity index (χ0n) is 15.0. The molecule has 0 atom stereocenters. The van der Waals surface area contributed by atoms with Crippen LogP contribution in [0.3, 0.4) is 0 Å². The summed E-state index contributed by atoms with van der Waals surface area (Å²) >= 11 is 6.40. The van der Waals surface area contributed by atoms with Crippen LogP contribution in [0.15, 0.2) is 53.4 Å². The lowest BCUT2D eigenvalue weighted by molar-refractivity contribution is -0.118. The standard InChI is InChI=1S/C20H18ClN3O3/c1-3-20(26)24(2)14-5-6-15(16(21)10-14)13-4-7-17(23-12-13)18(25)11-19-22-8-9-27-19/h4-10,12H,3,11H2,1-2H3. The summed E-state index contributed by atoms with van der Waals surface area (Å²) in [6.45, 7) is 1.81. The van der Waals surface area contributed by atoms with Crippen LogP contribution in [0.4, 0.5) is 5.69 Å². The summed E-state index contributed by atoms with van der Waals surface area (Å²) in [6, 6.07) is 8.85. The molecule has 0 aliphatic carbocycles. The highest BCUT2D eigenvalue weighted by Crippen LogP contribution is 2.31. The van der Waals surface area contributed by atoms with Gasteiger partial charge < -0.3 is 9.32 Å². The Labute approximate surface area is 161 Å². The summed E-state index contributed by atoms with van der Waals surface area (Å²) in [7, 11) is 1.72. The molecule has 27 heavy (non-hydrogen) atoms. The van der Waals surface area contributed by atoms with Crippen molar-refractivity contribution >= 4 is 29.0 Å². The third-order valence-corrected chi connectivity index (χ3v) is 4.48. The Morgan fingerprint density at radius 1 is 1.19 bits per heavy atom. The van der Waals surface area contributed by atoms with Gasteiger partial charge in [-0.15, -0.1) is 0 Å². The summed E-state index contributed by atoms with van der Waals surface area (Å²) in [5.41, 5.74) is 2.61. The first-order valence-electron chi connectivity index (χ1n) is 8.43. The van der Waals surface area contributed by atoms with Crippen molar-refractivity contribution in [1.82, 2.24) is 9.97 Å². The fourth-order valence-electron chi connectivity index (χ4n) is 2.61. The molecule has 0 bridgehead atoms. The molecule has 0 fully saturated rings. The first-order valence-corrected chi connectivity index (χ1v) is 8.81. The molecule has 0 aliphatic rings. The largest absolute Gasteiger partial charge is 0.449 e. The van der Waals surface area contributed by atoms with E-state index in [1.165, 1.54) is 12.5 Å². The molecule has 3 aromatic rings. The number of carbonyl (C=O) groups excluding carboxylic acids is 2. The molecule has 0 radical (unpaired) electrons. The van der Waals surface area contributed by atoms with Crippen LogP contribution < -0.4 is 4.90 Å². The molecule has 1 amide bonds. The number of Topliss-reactive ketones (excluding diaryl/α,β-unsaturated/α-hetero) is 1. The van der Waals surface area contributed by atoms with Gasteiger partial charge >= 0.3 is 0 Å². The molecule has 0 N–H and O–H groups in total. The van der Waals surface area contributed by atoms with Gasteiger partial charge in [0.1, 0.15) is 12.0 Å². The summed E-state index contributed by atoms with van der Waals surface area (Å²) < 4.78 is 5.08. The fourth-order valence-corrected chi connectivity index (χ4v) is 2.90. The second-order valence-corrected chi connectivity index (χ2v) is 6.34. The molecule has 6 nitrogen and oxygen atoms in total. The van der Waals surface area contributed by atoms with E-state index in [9.17, 15) is 9.59 Å². The first kappa shape index (κ1) is 18.8. The quantitative estimate of drug-likeness (QED) is 0.596. The maximum absolute atomic E-state index is 12.2. The molecule has 7 heteroatoms. The van der Waals surface area contributed by atoms with Gasteiger partial charge in [-0.3, -0.25) is 14.6 Å². The Kier molecular flexibility index (Phi) is 5.66. The zero-order valence-corrected chi connectivity index (χ0v) is 15.7. The molecule has 3 rings (SSSR count). The molecule has 0 saturated heterocycles. The van der Waals surface area contributed by atoms with Crippen molar-refractivity contribution in [2.24, 2.45) is 0 Å². The lowest BCUT2D eigenvalue weighted by Crippen LogP contribution is -2.24. The predicted octanol–water partition coefficient (Wildman–Crippen LogP) is 4.19. The minimum atomic E-state index is -0.176. The average molecular weight is 384 g/mol. The first-order chi connectivity index (χ1) is 13.0. The Bertz CT molecular complexity index is 953. The Hall–Kier alpha value is -2.99. The van der Waals surface area contributed by atoms with Crippen LogP contribution in [0.25, 0.3) is 11.1 Å². The van der Waals surface area contributed by atoms with Crippen LogP contribution in [0.1, 0.15) is 29.7 Å². The van der Waals surface area contributed by atoms with E-state index < -0.39 is 0 Å². The SMILES string of the molecule is CCC(=O)N(C)c1ccc(-c2ccc(C(=O)Cc3ncco3)nc2)c(Cl)c1. The van der Waals surface area contributed by atoms with Crippen LogP contribution in [0, 0.1) is 0 Å². The molecular weight excluding hydrogens is 366 g/mol. The van der Waals surface area contributed by atoms with Crippen molar-refractivity contribution in [1.29, 1.82) is 0 Å². The van der Waals surface area contributed by atoms with Crippen molar-refractivity contribution in [2.75, 3.05) is 11.9 Å². The lowest BCUT2D eigenvalue weighted by atomic mass is 10.1. The van der Waals surface area contributed by atoms with E-state index in [0.29, 0.717) is 23.0 Å². The second kappa shape index (κ2) is 8.14. The highest BCUT2D eigenvalue weighted by molar-refractivity contribution is 6.33. The van der Waals surface area contributed by atoms with E-state index in [0.717, 1.165) is 16.8 Å². The highest BCUT2D eigenvalue weighted by atomic mass is 35.5. The summed E-state index contributed by atoms with van der Waals surface area (Å²) in [5.74, 6) is 0.190. The van der Waals surface area contributed by atoms with Crippen molar-refractivity contribution in [3.63, 3.8) is 0 Å². The average Bonchev–Trinajstić information content (AvgIpc) is 3.19. The highest BCUT2D eigenvalue weighted by Gasteiger charge is 2.14. The van der Waals surface area contributed by atoms with Crippen molar-refractivity contribution in [2.45, 2.75) is 19.8 Å². The number of amides is 1. The van der Waals surface area contributed by atoms with Crippen LogP contribution in [0.5, 0.6) is 0 Å². The molecule has 138 valence electrons. The van der Waals surface area contributed by atoms with Crippen molar-refractivity contribution in [3.05, 3.63) is 65.6 Å². The zero-order chi connectivity index (χ0) is 19.4. The number of carbonyl (C=O) groups is 2. The van der Waals surface area contributed by atoms with E-state index in [2.05, 4.69) is 9.97 Å². The third kappa shape index (κ3) is 4.23. The normalized spacial score (nSPS) is 10.6. The van der Waals surface area contributed by atoms with Crippen LogP contribution >= 0.6 is 11.6 Å². The molecular formula is C20H18ClN3O3. The molecule has 2 aromatic heterocycles. The van der Waals surface area contributed by atoms with E-state index in [4.69, 9.17) is 16.0 Å². The number of hydrogen-bond acceptors (Lipinski definition) is 5. The fraction of sp³-hybridized carbons (Fsp3) is 0.200. The van der Waals surface area contributed by atoms with E-state index in [1.807, 2.05) is 19.1 Å². The number of nitrogens with zero attached hydrogens (tertiary/aromatic N) is 3. The van der Waals surface area contributed by atoms with Gasteiger partial charge in [0.15, 0.2) is 5.78 Å². The van der Waals surface area contributed by atoms with Gasteiger partial charge in [-0.2, -0.15) is 0 Å². The number of hydrogen-bond donors (Lipinski definition) is 0. The van der Waals surface area contributed by atoms with E-state index in [1.54, 1.807) is 36.3 Å². The topological polar surface area (TPSA) is 76.3 Å². The van der Waals surface area contributed by atoms with Crippen LogP contribution in [0.2, 0.25) is 5.02 Å². The Morgan fingerprint density at radius 2 is 2.00 bits per heavy atom. The van der Waals surface area contributed by atoms with Crippen LogP contribution in [-0.4, -0.2) is 28.7 Å². The molecule has 2 heterocycles. The molecule has 0 spiro atoms. The number of pyridine rings is 1. The van der Waals surface area contributed by atoms with Crippen molar-refractivity contribution < 1.29 is 14.0 Å². The third-order valence-electron chi connectivity index (χ3n) is 4.17. The summed E-state index contributed by atoms with van der Waals surface area (Å²) in [4.78, 5) is 33.8. The number of oxazole rings is 1. The minimum Gasteiger partial charge on any atom is -0.449 e. The summed E-state index contributed by atoms with van der Waals surface area (Å²) in [6.07, 6.45) is 5.01. The number of benzene rings is 1. The Balaban J connectivity index is 1.78. The molecule has 0 saturated carbocycles. The minimum absolute atomic E-state index is 0.00870. The van der Waals surface area contributed by atoms with Crippen molar-refractivity contribution in [3.8, 4) is 11.1 Å². The van der Waals surface area contributed by atoms with Gasteiger partial charge in [0.2, 0.25) is 11.8 Å².